The molecule has 1 rings (SSSR count). The summed E-state index contributed by atoms with van der Waals surface area (Å²) in [6.45, 7) is 1.51. The van der Waals surface area contributed by atoms with Crippen LogP contribution in [0.5, 0.6) is 0 Å². The molecule has 0 saturated heterocycles. The predicted molar refractivity (Wildman–Crippen MR) is 58.1 cm³/mol. The van der Waals surface area contributed by atoms with E-state index in [-0.39, 0.29) is 12.1 Å². The van der Waals surface area contributed by atoms with Gasteiger partial charge >= 0.3 is 0 Å². The lowest BCUT2D eigenvalue weighted by Crippen LogP contribution is -2.14. The van der Waals surface area contributed by atoms with Crippen molar-refractivity contribution in [3.05, 3.63) is 29.3 Å². The lowest BCUT2D eigenvalue weighted by molar-refractivity contribution is -0.115. The number of carbonyl (C=O) groups is 1. The minimum Gasteiger partial charge on any atom is -0.321 e. The number of aryl methyl sites for hydroxylation is 1. The van der Waals surface area contributed by atoms with E-state index in [1.165, 1.54) is 13.0 Å². The average molecular weight is 278 g/mol. The van der Waals surface area contributed by atoms with Gasteiger partial charge in [0, 0.05) is 11.8 Å². The molecule has 0 aliphatic heterocycles. The van der Waals surface area contributed by atoms with Crippen molar-refractivity contribution in [2.24, 2.45) is 0 Å². The van der Waals surface area contributed by atoms with Crippen LogP contribution in [0.15, 0.2) is 12.1 Å². The van der Waals surface area contributed by atoms with Crippen LogP contribution in [0.3, 0.4) is 0 Å². The third-order valence-electron chi connectivity index (χ3n) is 1.87. The van der Waals surface area contributed by atoms with Gasteiger partial charge in [-0.3, -0.25) is 4.79 Å². The molecule has 0 saturated carbocycles. The standard InChI is InChI=1S/C10H10BrF2NO/c1-6-2-3-7(12)10(9(6)13)14-8(15)4-5-11/h2-3H,4-5H2,1H3,(H,14,15). The van der Waals surface area contributed by atoms with Crippen molar-refractivity contribution < 1.29 is 13.6 Å². The molecule has 0 unspecified atom stereocenters. The minimum absolute atomic E-state index is 0.173. The van der Waals surface area contributed by atoms with Crippen LogP contribution < -0.4 is 5.32 Å². The quantitative estimate of drug-likeness (QED) is 0.846. The van der Waals surface area contributed by atoms with Crippen molar-refractivity contribution in [3.63, 3.8) is 0 Å². The molecular formula is C10H10BrF2NO. The average Bonchev–Trinajstić information content (AvgIpc) is 2.19. The minimum atomic E-state index is -0.763. The number of rotatable bonds is 3. The van der Waals surface area contributed by atoms with Gasteiger partial charge in [0.25, 0.3) is 0 Å². The molecule has 0 aliphatic rings. The second-order valence-corrected chi connectivity index (χ2v) is 3.83. The Balaban J connectivity index is 2.93. The van der Waals surface area contributed by atoms with Crippen molar-refractivity contribution in [2.75, 3.05) is 10.6 Å². The van der Waals surface area contributed by atoms with Crippen LogP contribution in [-0.2, 0) is 4.79 Å². The second kappa shape index (κ2) is 5.21. The van der Waals surface area contributed by atoms with Gasteiger partial charge in [0.05, 0.1) is 0 Å². The Hall–Kier alpha value is -0.970. The molecule has 1 amide bonds. The fourth-order valence-corrected chi connectivity index (χ4v) is 1.42. The van der Waals surface area contributed by atoms with E-state index in [1.54, 1.807) is 0 Å². The van der Waals surface area contributed by atoms with E-state index in [1.807, 2.05) is 0 Å². The molecular weight excluding hydrogens is 268 g/mol. The highest BCUT2D eigenvalue weighted by Gasteiger charge is 2.13. The molecule has 0 radical (unpaired) electrons. The van der Waals surface area contributed by atoms with Crippen molar-refractivity contribution >= 4 is 27.5 Å². The Morgan fingerprint density at radius 3 is 2.73 bits per heavy atom. The summed E-state index contributed by atoms with van der Waals surface area (Å²) in [5, 5.41) is 2.65. The SMILES string of the molecule is Cc1ccc(F)c(NC(=O)CCBr)c1F. The van der Waals surface area contributed by atoms with Crippen LogP contribution in [-0.4, -0.2) is 11.2 Å². The monoisotopic (exact) mass is 277 g/mol. The highest BCUT2D eigenvalue weighted by Crippen LogP contribution is 2.21. The largest absolute Gasteiger partial charge is 0.321 e. The molecule has 82 valence electrons. The molecule has 15 heavy (non-hydrogen) atoms. The molecule has 0 spiro atoms. The molecule has 1 aromatic rings. The fraction of sp³-hybridized carbons (Fsp3) is 0.300. The number of anilines is 1. The lowest BCUT2D eigenvalue weighted by Gasteiger charge is -2.08. The van der Waals surface area contributed by atoms with Gasteiger partial charge in [0.2, 0.25) is 5.91 Å². The summed E-state index contributed by atoms with van der Waals surface area (Å²) >= 11 is 3.07. The van der Waals surface area contributed by atoms with E-state index < -0.39 is 17.5 Å². The molecule has 1 N–H and O–H groups in total. The zero-order chi connectivity index (χ0) is 11.4. The van der Waals surface area contributed by atoms with Gasteiger partial charge in [-0.05, 0) is 18.6 Å². The summed E-state index contributed by atoms with van der Waals surface area (Å²) in [7, 11) is 0. The highest BCUT2D eigenvalue weighted by atomic mass is 79.9. The van der Waals surface area contributed by atoms with Crippen molar-refractivity contribution in [1.29, 1.82) is 0 Å². The first-order valence-corrected chi connectivity index (χ1v) is 5.49. The normalized spacial score (nSPS) is 10.1. The van der Waals surface area contributed by atoms with E-state index >= 15 is 0 Å². The maximum atomic E-state index is 13.4. The molecule has 0 heterocycles. The summed E-state index contributed by atoms with van der Waals surface area (Å²) in [6, 6.07) is 2.45. The van der Waals surface area contributed by atoms with Gasteiger partial charge in [-0.1, -0.05) is 22.0 Å². The van der Waals surface area contributed by atoms with E-state index in [0.717, 1.165) is 6.07 Å². The predicted octanol–water partition coefficient (Wildman–Crippen LogP) is 3.00. The summed E-state index contributed by atoms with van der Waals surface area (Å²) in [5.41, 5.74) is -0.0773. The van der Waals surface area contributed by atoms with Gasteiger partial charge in [-0.2, -0.15) is 0 Å². The van der Waals surface area contributed by atoms with Crippen LogP contribution >= 0.6 is 15.9 Å². The van der Waals surface area contributed by atoms with Gasteiger partial charge in [-0.15, -0.1) is 0 Å². The van der Waals surface area contributed by atoms with Crippen molar-refractivity contribution in [2.45, 2.75) is 13.3 Å². The summed E-state index contributed by atoms with van der Waals surface area (Å²) in [5.74, 6) is -1.91. The topological polar surface area (TPSA) is 29.1 Å². The molecule has 5 heteroatoms. The Kier molecular flexibility index (Phi) is 4.20. The van der Waals surface area contributed by atoms with Gasteiger partial charge in [-0.25, -0.2) is 8.78 Å². The molecule has 0 bridgehead atoms. The number of hydrogen-bond donors (Lipinski definition) is 1. The van der Waals surface area contributed by atoms with E-state index in [4.69, 9.17) is 0 Å². The first-order valence-electron chi connectivity index (χ1n) is 4.36. The first kappa shape index (κ1) is 12.1. The Morgan fingerprint density at radius 1 is 1.47 bits per heavy atom. The maximum absolute atomic E-state index is 13.4. The zero-order valence-electron chi connectivity index (χ0n) is 8.11. The Morgan fingerprint density at radius 2 is 2.13 bits per heavy atom. The Bertz CT molecular complexity index is 382. The lowest BCUT2D eigenvalue weighted by atomic mass is 10.2. The number of hydrogen-bond acceptors (Lipinski definition) is 1. The van der Waals surface area contributed by atoms with Gasteiger partial charge in [0.1, 0.15) is 11.5 Å². The summed E-state index contributed by atoms with van der Waals surface area (Å²) < 4.78 is 26.6. The second-order valence-electron chi connectivity index (χ2n) is 3.04. The Labute approximate surface area is 94.8 Å². The van der Waals surface area contributed by atoms with Crippen LogP contribution in [0.25, 0.3) is 0 Å². The van der Waals surface area contributed by atoms with Gasteiger partial charge < -0.3 is 5.32 Å². The number of alkyl halides is 1. The molecule has 1 aromatic carbocycles. The molecule has 0 atom stereocenters. The van der Waals surface area contributed by atoms with Crippen molar-refractivity contribution in [3.8, 4) is 0 Å². The molecule has 0 aromatic heterocycles. The number of benzene rings is 1. The van der Waals surface area contributed by atoms with Crippen molar-refractivity contribution in [1.82, 2.24) is 0 Å². The first-order chi connectivity index (χ1) is 7.06. The molecule has 0 fully saturated rings. The number of halogens is 3. The molecule has 0 aliphatic carbocycles. The fourth-order valence-electron chi connectivity index (χ4n) is 1.06. The number of nitrogens with one attached hydrogen (secondary N) is 1. The maximum Gasteiger partial charge on any atom is 0.225 e. The summed E-state index contributed by atoms with van der Waals surface area (Å²) in [6.07, 6.45) is 0.173. The van der Waals surface area contributed by atoms with E-state index in [2.05, 4.69) is 21.2 Å². The van der Waals surface area contributed by atoms with E-state index in [9.17, 15) is 13.6 Å². The smallest absolute Gasteiger partial charge is 0.225 e. The zero-order valence-corrected chi connectivity index (χ0v) is 9.70. The highest BCUT2D eigenvalue weighted by molar-refractivity contribution is 9.09. The van der Waals surface area contributed by atoms with Gasteiger partial charge in [0.15, 0.2) is 5.82 Å². The number of carbonyl (C=O) groups excluding carboxylic acids is 1. The van der Waals surface area contributed by atoms with E-state index in [0.29, 0.717) is 10.9 Å². The third kappa shape index (κ3) is 2.99. The van der Waals surface area contributed by atoms with Crippen LogP contribution in [0.4, 0.5) is 14.5 Å². The summed E-state index contributed by atoms with van der Waals surface area (Å²) in [4.78, 5) is 11.2. The van der Waals surface area contributed by atoms with Crippen LogP contribution in [0.1, 0.15) is 12.0 Å². The third-order valence-corrected chi connectivity index (χ3v) is 2.27. The van der Waals surface area contributed by atoms with Crippen LogP contribution in [0.2, 0.25) is 0 Å². The number of amides is 1. The van der Waals surface area contributed by atoms with Crippen LogP contribution in [0, 0.1) is 18.6 Å². The molecule has 2 nitrogen and oxygen atoms in total.